The number of nitrogens with one attached hydrogen (secondary N) is 1. The van der Waals surface area contributed by atoms with E-state index in [2.05, 4.69) is 14.9 Å². The summed E-state index contributed by atoms with van der Waals surface area (Å²) >= 11 is 0. The zero-order valence-electron chi connectivity index (χ0n) is 15.4. The summed E-state index contributed by atoms with van der Waals surface area (Å²) in [5, 5.41) is 2.79. The molecule has 1 aromatic heterocycles. The van der Waals surface area contributed by atoms with Crippen molar-refractivity contribution in [1.82, 2.24) is 14.5 Å². The minimum absolute atomic E-state index is 0.121. The van der Waals surface area contributed by atoms with Gasteiger partial charge in [0.2, 0.25) is 5.91 Å². The van der Waals surface area contributed by atoms with E-state index >= 15 is 0 Å². The van der Waals surface area contributed by atoms with Gasteiger partial charge in [-0.2, -0.15) is 0 Å². The Hall–Kier alpha value is -2.70. The Morgan fingerprint density at radius 1 is 1.22 bits per heavy atom. The monoisotopic (exact) mass is 370 g/mol. The first-order valence-electron chi connectivity index (χ1n) is 9.37. The first kappa shape index (κ1) is 17.7. The number of amides is 2. The number of carbonyl (C=O) groups is 2. The summed E-state index contributed by atoms with van der Waals surface area (Å²) in [5.74, 6) is 0.407. The van der Waals surface area contributed by atoms with Gasteiger partial charge >= 0.3 is 0 Å². The number of fused-ring (bicyclic) bond motifs is 1. The van der Waals surface area contributed by atoms with E-state index in [0.717, 1.165) is 29.2 Å². The zero-order valence-corrected chi connectivity index (χ0v) is 15.4. The Bertz CT molecular complexity index is 888. The minimum atomic E-state index is -1.65. The minimum Gasteiger partial charge on any atom is -0.338 e. The summed E-state index contributed by atoms with van der Waals surface area (Å²) in [6.07, 6.45) is 3.89. The molecule has 0 bridgehead atoms. The van der Waals surface area contributed by atoms with Gasteiger partial charge in [0.25, 0.3) is 5.91 Å². The van der Waals surface area contributed by atoms with Gasteiger partial charge in [0.1, 0.15) is 5.82 Å². The molecule has 1 aliphatic carbocycles. The van der Waals surface area contributed by atoms with Gasteiger partial charge in [-0.3, -0.25) is 9.59 Å². The van der Waals surface area contributed by atoms with Crippen LogP contribution in [0.25, 0.3) is 11.3 Å². The van der Waals surface area contributed by atoms with Crippen molar-refractivity contribution in [3.05, 3.63) is 36.3 Å². The number of rotatable bonds is 3. The lowest BCUT2D eigenvalue weighted by molar-refractivity contribution is -0.149. The van der Waals surface area contributed by atoms with Gasteiger partial charge in [0, 0.05) is 44.2 Å². The summed E-state index contributed by atoms with van der Waals surface area (Å²) in [4.78, 5) is 30.0. The number of imidazole rings is 1. The molecule has 6 nitrogen and oxygen atoms in total. The van der Waals surface area contributed by atoms with E-state index in [0.29, 0.717) is 38.9 Å². The molecule has 1 aromatic carbocycles. The highest BCUT2D eigenvalue weighted by molar-refractivity contribution is 5.89. The molecule has 2 heterocycles. The van der Waals surface area contributed by atoms with Gasteiger partial charge in [-0.1, -0.05) is 12.1 Å². The summed E-state index contributed by atoms with van der Waals surface area (Å²) in [5.41, 5.74) is 0.957. The molecule has 0 saturated heterocycles. The van der Waals surface area contributed by atoms with Crippen LogP contribution in [0.3, 0.4) is 0 Å². The van der Waals surface area contributed by atoms with Gasteiger partial charge in [-0.05, 0) is 31.4 Å². The number of alkyl halides is 1. The van der Waals surface area contributed by atoms with Crippen LogP contribution in [0.2, 0.25) is 0 Å². The van der Waals surface area contributed by atoms with Crippen molar-refractivity contribution >= 4 is 17.5 Å². The van der Waals surface area contributed by atoms with Gasteiger partial charge in [0.15, 0.2) is 5.67 Å². The number of carbonyl (C=O) groups excluding carboxylic acids is 2. The molecule has 142 valence electrons. The van der Waals surface area contributed by atoms with E-state index in [1.165, 1.54) is 6.92 Å². The van der Waals surface area contributed by atoms with Crippen LogP contribution in [-0.4, -0.2) is 45.0 Å². The van der Waals surface area contributed by atoms with Crippen molar-refractivity contribution in [2.24, 2.45) is 0 Å². The average molecular weight is 370 g/mol. The number of hydrogen-bond acceptors (Lipinski definition) is 3. The molecule has 0 spiro atoms. The molecular weight excluding hydrogens is 347 g/mol. The molecule has 0 atom stereocenters. The predicted molar refractivity (Wildman–Crippen MR) is 99.9 cm³/mol. The number of halogens is 1. The Morgan fingerprint density at radius 3 is 2.74 bits per heavy atom. The number of anilines is 1. The van der Waals surface area contributed by atoms with E-state index in [9.17, 15) is 14.0 Å². The zero-order chi connectivity index (χ0) is 19.0. The van der Waals surface area contributed by atoms with E-state index in [4.69, 9.17) is 0 Å². The summed E-state index contributed by atoms with van der Waals surface area (Å²) in [6.45, 7) is 3.03. The molecule has 7 heteroatoms. The predicted octanol–water partition coefficient (Wildman–Crippen LogP) is 2.79. The normalized spacial score (nSPS) is 18.2. The second-order valence-electron chi connectivity index (χ2n) is 7.33. The smallest absolute Gasteiger partial charge is 0.260 e. The van der Waals surface area contributed by atoms with Gasteiger partial charge in [0.05, 0.1) is 11.9 Å². The van der Waals surface area contributed by atoms with Crippen LogP contribution in [0.5, 0.6) is 0 Å². The van der Waals surface area contributed by atoms with Crippen molar-refractivity contribution in [2.75, 3.05) is 18.4 Å². The van der Waals surface area contributed by atoms with Crippen molar-refractivity contribution in [3.63, 3.8) is 0 Å². The van der Waals surface area contributed by atoms with Crippen LogP contribution in [0.4, 0.5) is 10.1 Å². The highest BCUT2D eigenvalue weighted by atomic mass is 19.1. The average Bonchev–Trinajstić information content (AvgIpc) is 2.90. The summed E-state index contributed by atoms with van der Waals surface area (Å²) < 4.78 is 16.6. The fourth-order valence-electron chi connectivity index (χ4n) is 3.81. The fourth-order valence-corrected chi connectivity index (χ4v) is 3.81. The number of nitrogens with zero attached hydrogens (tertiary/aromatic N) is 3. The lowest BCUT2D eigenvalue weighted by atomic mass is 9.81. The quantitative estimate of drug-likeness (QED) is 0.903. The second kappa shape index (κ2) is 6.79. The molecule has 2 aliphatic rings. The van der Waals surface area contributed by atoms with Crippen LogP contribution in [0.15, 0.2) is 30.5 Å². The molecule has 0 radical (unpaired) electrons. The molecule has 1 aliphatic heterocycles. The molecule has 4 rings (SSSR count). The van der Waals surface area contributed by atoms with Crippen LogP contribution in [0.1, 0.15) is 32.0 Å². The lowest BCUT2D eigenvalue weighted by Crippen LogP contribution is -2.51. The Kier molecular flexibility index (Phi) is 4.45. The Labute approximate surface area is 157 Å². The molecule has 1 saturated carbocycles. The maximum atomic E-state index is 14.5. The summed E-state index contributed by atoms with van der Waals surface area (Å²) in [6, 6.07) is 7.60. The van der Waals surface area contributed by atoms with E-state index in [1.807, 2.05) is 30.5 Å². The molecule has 0 unspecified atom stereocenters. The molecule has 2 aromatic rings. The second-order valence-corrected chi connectivity index (χ2v) is 7.33. The van der Waals surface area contributed by atoms with Crippen molar-refractivity contribution in [3.8, 4) is 11.3 Å². The Balaban J connectivity index is 1.55. The van der Waals surface area contributed by atoms with Crippen molar-refractivity contribution < 1.29 is 14.0 Å². The highest BCUT2D eigenvalue weighted by Gasteiger charge is 2.47. The maximum absolute atomic E-state index is 14.5. The van der Waals surface area contributed by atoms with Crippen LogP contribution in [0, 0.1) is 0 Å². The van der Waals surface area contributed by atoms with E-state index < -0.39 is 5.67 Å². The topological polar surface area (TPSA) is 67.2 Å². The van der Waals surface area contributed by atoms with Crippen LogP contribution >= 0.6 is 0 Å². The van der Waals surface area contributed by atoms with Gasteiger partial charge in [-0.25, -0.2) is 9.37 Å². The highest BCUT2D eigenvalue weighted by Crippen LogP contribution is 2.37. The van der Waals surface area contributed by atoms with Crippen molar-refractivity contribution in [2.45, 2.75) is 44.8 Å². The third kappa shape index (κ3) is 3.34. The van der Waals surface area contributed by atoms with E-state index in [-0.39, 0.29) is 11.8 Å². The number of benzene rings is 1. The SMILES string of the molecule is CC(=O)Nc1cccc(-c2cnc3n2CCN(C(=O)C2(F)CCC2)CC3)c1. The standard InChI is InChI=1S/C20H23FN4O2/c1-14(26)23-16-5-2-4-15(12-16)17-13-22-18-6-9-24(10-11-25(17)18)19(27)20(21)7-3-8-20/h2,4-5,12-13H,3,6-11H2,1H3,(H,23,26). The lowest BCUT2D eigenvalue weighted by Gasteiger charge is -2.36. The van der Waals surface area contributed by atoms with Crippen LogP contribution < -0.4 is 5.32 Å². The van der Waals surface area contributed by atoms with E-state index in [1.54, 1.807) is 4.90 Å². The molecule has 1 N–H and O–H groups in total. The largest absolute Gasteiger partial charge is 0.338 e. The van der Waals surface area contributed by atoms with Gasteiger partial charge in [-0.15, -0.1) is 0 Å². The third-order valence-corrected chi connectivity index (χ3v) is 5.43. The first-order chi connectivity index (χ1) is 13.0. The molecule has 2 amide bonds. The number of aromatic nitrogens is 2. The molecular formula is C20H23FN4O2. The van der Waals surface area contributed by atoms with Gasteiger partial charge < -0.3 is 14.8 Å². The Morgan fingerprint density at radius 2 is 2.04 bits per heavy atom. The summed E-state index contributed by atoms with van der Waals surface area (Å²) in [7, 11) is 0. The third-order valence-electron chi connectivity index (χ3n) is 5.43. The van der Waals surface area contributed by atoms with Crippen LogP contribution in [-0.2, 0) is 22.6 Å². The fraction of sp³-hybridized carbons (Fsp3) is 0.450. The first-order valence-corrected chi connectivity index (χ1v) is 9.37. The molecule has 27 heavy (non-hydrogen) atoms. The number of hydrogen-bond donors (Lipinski definition) is 1. The van der Waals surface area contributed by atoms with Crippen molar-refractivity contribution in [1.29, 1.82) is 0 Å². The molecule has 1 fully saturated rings. The maximum Gasteiger partial charge on any atom is 0.260 e.